The molecule has 0 spiro atoms. The van der Waals surface area contributed by atoms with Crippen molar-refractivity contribution in [2.75, 3.05) is 7.11 Å². The SMILES string of the molecule is CCC(C)(OC)c1nc2ccc(Br)cc2[nH]1. The Kier molecular flexibility index (Phi) is 3.04. The third kappa shape index (κ3) is 1.87. The van der Waals surface area contributed by atoms with E-state index in [0.29, 0.717) is 0 Å². The Hall–Kier alpha value is -0.870. The summed E-state index contributed by atoms with van der Waals surface area (Å²) >= 11 is 3.45. The monoisotopic (exact) mass is 282 g/mol. The fourth-order valence-electron chi connectivity index (χ4n) is 1.64. The first-order valence-electron chi connectivity index (χ1n) is 5.30. The van der Waals surface area contributed by atoms with Gasteiger partial charge in [-0.15, -0.1) is 0 Å². The molecule has 1 aromatic carbocycles. The molecule has 0 radical (unpaired) electrons. The molecule has 0 saturated carbocycles. The van der Waals surface area contributed by atoms with Crippen LogP contribution >= 0.6 is 15.9 Å². The zero-order valence-corrected chi connectivity index (χ0v) is 11.3. The van der Waals surface area contributed by atoms with Gasteiger partial charge in [0.25, 0.3) is 0 Å². The molecule has 3 nitrogen and oxygen atoms in total. The van der Waals surface area contributed by atoms with Crippen LogP contribution < -0.4 is 0 Å². The number of benzene rings is 1. The third-order valence-corrected chi connectivity index (χ3v) is 3.56. The topological polar surface area (TPSA) is 37.9 Å². The van der Waals surface area contributed by atoms with Gasteiger partial charge in [-0.3, -0.25) is 0 Å². The molecule has 1 atom stereocenters. The van der Waals surface area contributed by atoms with Crippen molar-refractivity contribution >= 4 is 27.0 Å². The summed E-state index contributed by atoms with van der Waals surface area (Å²) in [6, 6.07) is 6.01. The largest absolute Gasteiger partial charge is 0.371 e. The van der Waals surface area contributed by atoms with Gasteiger partial charge in [0.1, 0.15) is 11.4 Å². The molecule has 0 fully saturated rings. The van der Waals surface area contributed by atoms with Crippen molar-refractivity contribution in [3.63, 3.8) is 0 Å². The van der Waals surface area contributed by atoms with Gasteiger partial charge in [0.05, 0.1) is 11.0 Å². The minimum atomic E-state index is -0.342. The van der Waals surface area contributed by atoms with Gasteiger partial charge in [-0.2, -0.15) is 0 Å². The van der Waals surface area contributed by atoms with E-state index in [1.54, 1.807) is 7.11 Å². The first-order chi connectivity index (χ1) is 7.59. The fourth-order valence-corrected chi connectivity index (χ4v) is 2.00. The van der Waals surface area contributed by atoms with Crippen LogP contribution in [0.5, 0.6) is 0 Å². The summed E-state index contributed by atoms with van der Waals surface area (Å²) in [6.07, 6.45) is 0.879. The summed E-state index contributed by atoms with van der Waals surface area (Å²) in [5.41, 5.74) is 1.65. The molecule has 2 aromatic rings. The van der Waals surface area contributed by atoms with Gasteiger partial charge in [0.2, 0.25) is 0 Å². The first-order valence-corrected chi connectivity index (χ1v) is 6.09. The number of H-pyrrole nitrogens is 1. The second-order valence-electron chi connectivity index (χ2n) is 4.04. The zero-order valence-electron chi connectivity index (χ0n) is 9.67. The quantitative estimate of drug-likeness (QED) is 0.934. The number of aromatic amines is 1. The predicted molar refractivity (Wildman–Crippen MR) is 68.4 cm³/mol. The minimum absolute atomic E-state index is 0.342. The fraction of sp³-hybridized carbons (Fsp3) is 0.417. The average Bonchev–Trinajstić information content (AvgIpc) is 2.71. The van der Waals surface area contributed by atoms with Crippen LogP contribution in [0.15, 0.2) is 22.7 Å². The smallest absolute Gasteiger partial charge is 0.139 e. The highest BCUT2D eigenvalue weighted by Gasteiger charge is 2.27. The van der Waals surface area contributed by atoms with Crippen LogP contribution in [0.2, 0.25) is 0 Å². The van der Waals surface area contributed by atoms with Gasteiger partial charge in [-0.1, -0.05) is 22.9 Å². The first kappa shape index (κ1) is 11.6. The maximum atomic E-state index is 5.53. The second kappa shape index (κ2) is 4.18. The Bertz CT molecular complexity index is 503. The molecule has 0 bridgehead atoms. The molecule has 0 aliphatic carbocycles. The third-order valence-electron chi connectivity index (χ3n) is 3.07. The molecule has 1 aromatic heterocycles. The van der Waals surface area contributed by atoms with Gasteiger partial charge in [-0.05, 0) is 31.5 Å². The second-order valence-corrected chi connectivity index (χ2v) is 4.95. The highest BCUT2D eigenvalue weighted by molar-refractivity contribution is 9.10. The number of hydrogen-bond acceptors (Lipinski definition) is 2. The number of fused-ring (bicyclic) bond motifs is 1. The van der Waals surface area contributed by atoms with Crippen molar-refractivity contribution in [2.45, 2.75) is 25.9 Å². The molecule has 16 heavy (non-hydrogen) atoms. The van der Waals surface area contributed by atoms with Crippen molar-refractivity contribution in [3.8, 4) is 0 Å². The number of hydrogen-bond donors (Lipinski definition) is 1. The maximum Gasteiger partial charge on any atom is 0.139 e. The summed E-state index contributed by atoms with van der Waals surface area (Å²) in [4.78, 5) is 7.88. The lowest BCUT2D eigenvalue weighted by molar-refractivity contribution is -0.00803. The Balaban J connectivity index is 2.54. The van der Waals surface area contributed by atoms with Gasteiger partial charge < -0.3 is 9.72 Å². The average molecular weight is 283 g/mol. The molecule has 0 amide bonds. The van der Waals surface area contributed by atoms with E-state index in [9.17, 15) is 0 Å². The summed E-state index contributed by atoms with van der Waals surface area (Å²) in [5, 5.41) is 0. The lowest BCUT2D eigenvalue weighted by Gasteiger charge is -2.23. The number of halogens is 1. The standard InChI is InChI=1S/C12H15BrN2O/c1-4-12(2,16-3)11-14-9-6-5-8(13)7-10(9)15-11/h5-7H,4H2,1-3H3,(H,14,15). The Morgan fingerprint density at radius 3 is 2.88 bits per heavy atom. The van der Waals surface area contributed by atoms with E-state index in [2.05, 4.69) is 32.8 Å². The lowest BCUT2D eigenvalue weighted by Crippen LogP contribution is -2.24. The number of methoxy groups -OCH3 is 1. The lowest BCUT2D eigenvalue weighted by atomic mass is 10.0. The molecule has 86 valence electrons. The molecular formula is C12H15BrN2O. The van der Waals surface area contributed by atoms with Crippen LogP contribution in [0.25, 0.3) is 11.0 Å². The number of nitrogens with one attached hydrogen (secondary N) is 1. The molecule has 4 heteroatoms. The van der Waals surface area contributed by atoms with E-state index in [1.165, 1.54) is 0 Å². The van der Waals surface area contributed by atoms with Gasteiger partial charge in [-0.25, -0.2) is 4.98 Å². The summed E-state index contributed by atoms with van der Waals surface area (Å²) in [5.74, 6) is 0.880. The molecule has 0 aliphatic heterocycles. The number of imidazole rings is 1. The van der Waals surface area contributed by atoms with Crippen molar-refractivity contribution < 1.29 is 4.74 Å². The summed E-state index contributed by atoms with van der Waals surface area (Å²) in [6.45, 7) is 4.13. The number of ether oxygens (including phenoxy) is 1. The summed E-state index contributed by atoms with van der Waals surface area (Å²) < 4.78 is 6.57. The predicted octanol–water partition coefficient (Wildman–Crippen LogP) is 3.60. The number of rotatable bonds is 3. The Morgan fingerprint density at radius 1 is 1.50 bits per heavy atom. The van der Waals surface area contributed by atoms with Crippen molar-refractivity contribution in [3.05, 3.63) is 28.5 Å². The van der Waals surface area contributed by atoms with Crippen LogP contribution in [-0.4, -0.2) is 17.1 Å². The zero-order chi connectivity index (χ0) is 11.8. The molecule has 1 N–H and O–H groups in total. The minimum Gasteiger partial charge on any atom is -0.371 e. The maximum absolute atomic E-state index is 5.53. The van der Waals surface area contributed by atoms with Crippen molar-refractivity contribution in [2.24, 2.45) is 0 Å². The molecule has 1 heterocycles. The molecule has 0 aliphatic rings. The van der Waals surface area contributed by atoms with Crippen LogP contribution in [0, 0.1) is 0 Å². The normalized spacial score (nSPS) is 15.2. The Morgan fingerprint density at radius 2 is 2.25 bits per heavy atom. The number of aromatic nitrogens is 2. The summed E-state index contributed by atoms with van der Waals surface area (Å²) in [7, 11) is 1.71. The van der Waals surface area contributed by atoms with Crippen molar-refractivity contribution in [1.29, 1.82) is 0 Å². The molecule has 2 rings (SSSR count). The van der Waals surface area contributed by atoms with Crippen LogP contribution in [0.4, 0.5) is 0 Å². The van der Waals surface area contributed by atoms with Crippen LogP contribution in [0.1, 0.15) is 26.1 Å². The van der Waals surface area contributed by atoms with Crippen LogP contribution in [0.3, 0.4) is 0 Å². The Labute approximate surface area is 103 Å². The van der Waals surface area contributed by atoms with E-state index >= 15 is 0 Å². The van der Waals surface area contributed by atoms with Gasteiger partial charge >= 0.3 is 0 Å². The number of nitrogens with zero attached hydrogens (tertiary/aromatic N) is 1. The van der Waals surface area contributed by atoms with E-state index in [-0.39, 0.29) is 5.60 Å². The molecule has 0 saturated heterocycles. The van der Waals surface area contributed by atoms with Gasteiger partial charge in [0, 0.05) is 11.6 Å². The van der Waals surface area contributed by atoms with E-state index in [0.717, 1.165) is 27.8 Å². The van der Waals surface area contributed by atoms with E-state index < -0.39 is 0 Å². The highest BCUT2D eigenvalue weighted by Crippen LogP contribution is 2.28. The molecular weight excluding hydrogens is 268 g/mol. The van der Waals surface area contributed by atoms with Crippen LogP contribution in [-0.2, 0) is 10.3 Å². The highest BCUT2D eigenvalue weighted by atomic mass is 79.9. The van der Waals surface area contributed by atoms with Gasteiger partial charge in [0.15, 0.2) is 0 Å². The van der Waals surface area contributed by atoms with E-state index in [1.807, 2.05) is 25.1 Å². The van der Waals surface area contributed by atoms with Crippen molar-refractivity contribution in [1.82, 2.24) is 9.97 Å². The molecule has 1 unspecified atom stereocenters. The van der Waals surface area contributed by atoms with E-state index in [4.69, 9.17) is 4.74 Å².